The minimum absolute atomic E-state index is 0.231. The molecule has 196 valence electrons. The zero-order valence-electron chi connectivity index (χ0n) is 21.4. The molecule has 2 N–H and O–H groups in total. The number of carbonyl (C=O) groups is 3. The van der Waals surface area contributed by atoms with E-state index in [4.69, 9.17) is 9.47 Å². The van der Waals surface area contributed by atoms with E-state index in [1.807, 2.05) is 37.3 Å². The van der Waals surface area contributed by atoms with Gasteiger partial charge in [0, 0.05) is 42.1 Å². The van der Waals surface area contributed by atoms with Crippen LogP contribution in [0.5, 0.6) is 5.75 Å². The highest BCUT2D eigenvalue weighted by molar-refractivity contribution is 8.04. The predicted molar refractivity (Wildman–Crippen MR) is 148 cm³/mol. The van der Waals surface area contributed by atoms with E-state index in [1.54, 1.807) is 56.7 Å². The van der Waals surface area contributed by atoms with Crippen LogP contribution in [0.2, 0.25) is 0 Å². The van der Waals surface area contributed by atoms with E-state index < -0.39 is 0 Å². The molecule has 0 unspecified atom stereocenters. The van der Waals surface area contributed by atoms with Gasteiger partial charge < -0.3 is 20.1 Å². The van der Waals surface area contributed by atoms with Crippen molar-refractivity contribution in [2.45, 2.75) is 18.2 Å². The Hall–Kier alpha value is -4.08. The fourth-order valence-corrected chi connectivity index (χ4v) is 4.82. The predicted octanol–water partition coefficient (Wildman–Crippen LogP) is 5.08. The van der Waals surface area contributed by atoms with Gasteiger partial charge in [0.25, 0.3) is 17.7 Å². The molecule has 8 nitrogen and oxygen atoms in total. The lowest BCUT2D eigenvalue weighted by Crippen LogP contribution is -2.33. The number of hydrogen-bond donors (Lipinski definition) is 2. The summed E-state index contributed by atoms with van der Waals surface area (Å²) in [6, 6.07) is 21.6. The topological polar surface area (TPSA) is 97.0 Å². The average Bonchev–Trinajstić information content (AvgIpc) is 3.14. The molecule has 38 heavy (non-hydrogen) atoms. The first-order valence-corrected chi connectivity index (χ1v) is 12.9. The zero-order chi connectivity index (χ0) is 27.1. The summed E-state index contributed by atoms with van der Waals surface area (Å²) >= 11 is 1.18. The van der Waals surface area contributed by atoms with Gasteiger partial charge in [-0.15, -0.1) is 0 Å². The number of thioether (sulfide) groups is 1. The van der Waals surface area contributed by atoms with Crippen molar-refractivity contribution < 1.29 is 23.9 Å². The molecule has 4 rings (SSSR count). The Balaban J connectivity index is 1.56. The van der Waals surface area contributed by atoms with Gasteiger partial charge in [0.05, 0.1) is 7.11 Å². The fraction of sp³-hybridized carbons (Fsp3) is 0.207. The van der Waals surface area contributed by atoms with E-state index in [2.05, 4.69) is 10.6 Å². The van der Waals surface area contributed by atoms with Crippen molar-refractivity contribution in [1.82, 2.24) is 4.90 Å². The Bertz CT molecular complexity index is 1350. The molecule has 0 fully saturated rings. The summed E-state index contributed by atoms with van der Waals surface area (Å²) in [5.74, 6) is -0.348. The quantitative estimate of drug-likeness (QED) is 0.263. The molecule has 1 heterocycles. The van der Waals surface area contributed by atoms with Crippen LogP contribution in [-0.4, -0.2) is 50.0 Å². The van der Waals surface area contributed by atoms with Crippen molar-refractivity contribution in [3.63, 3.8) is 0 Å². The summed E-state index contributed by atoms with van der Waals surface area (Å²) < 4.78 is 10.2. The lowest BCUT2D eigenvalue weighted by atomic mass is 10.2. The Morgan fingerprint density at radius 1 is 0.921 bits per heavy atom. The number of rotatable bonds is 11. The number of imide groups is 1. The Kier molecular flexibility index (Phi) is 8.83. The standard InChI is InChI=1S/C29H29N3O5S/c1-19-8-12-21(13-9-19)30-25-26(29(35)32(28(25)34)16-5-17-36-2)38-24-7-4-6-22(18-24)31-27(33)20-10-14-23(37-3)15-11-20/h4,6-15,18,30H,5,16-17H2,1-3H3,(H,31,33). The summed E-state index contributed by atoms with van der Waals surface area (Å²) in [7, 11) is 3.15. The zero-order valence-corrected chi connectivity index (χ0v) is 22.3. The molecule has 0 aromatic heterocycles. The summed E-state index contributed by atoms with van der Waals surface area (Å²) in [5, 5.41) is 6.03. The molecule has 0 bridgehead atoms. The SMILES string of the molecule is COCCCN1C(=O)C(Nc2ccc(C)cc2)=C(Sc2cccc(NC(=O)c3ccc(OC)cc3)c2)C1=O. The molecule has 1 aliphatic rings. The van der Waals surface area contributed by atoms with E-state index in [1.165, 1.54) is 16.7 Å². The number of amides is 3. The molecular weight excluding hydrogens is 502 g/mol. The van der Waals surface area contributed by atoms with E-state index >= 15 is 0 Å². The molecule has 1 aliphatic heterocycles. The van der Waals surface area contributed by atoms with Gasteiger partial charge in [-0.2, -0.15) is 0 Å². The van der Waals surface area contributed by atoms with Crippen LogP contribution < -0.4 is 15.4 Å². The summed E-state index contributed by atoms with van der Waals surface area (Å²) in [6.07, 6.45) is 0.538. The number of nitrogens with one attached hydrogen (secondary N) is 2. The molecule has 3 aromatic carbocycles. The normalized spacial score (nSPS) is 13.2. The molecule has 0 spiro atoms. The van der Waals surface area contributed by atoms with E-state index in [0.29, 0.717) is 45.5 Å². The van der Waals surface area contributed by atoms with Crippen LogP contribution in [0.15, 0.2) is 88.3 Å². The van der Waals surface area contributed by atoms with Crippen LogP contribution >= 0.6 is 11.8 Å². The first-order valence-electron chi connectivity index (χ1n) is 12.1. The van der Waals surface area contributed by atoms with Crippen LogP contribution in [0.25, 0.3) is 0 Å². The molecule has 0 atom stereocenters. The number of anilines is 2. The third kappa shape index (κ3) is 6.42. The van der Waals surface area contributed by atoms with Crippen molar-refractivity contribution >= 4 is 40.9 Å². The molecule has 9 heteroatoms. The molecule has 0 saturated carbocycles. The third-order valence-corrected chi connectivity index (χ3v) is 6.91. The highest BCUT2D eigenvalue weighted by Gasteiger charge is 2.38. The maximum absolute atomic E-state index is 13.3. The van der Waals surface area contributed by atoms with E-state index in [-0.39, 0.29) is 30.0 Å². The average molecular weight is 532 g/mol. The minimum Gasteiger partial charge on any atom is -0.497 e. The van der Waals surface area contributed by atoms with Crippen LogP contribution in [0.3, 0.4) is 0 Å². The Morgan fingerprint density at radius 2 is 1.66 bits per heavy atom. The molecule has 0 aliphatic carbocycles. The van der Waals surface area contributed by atoms with Crippen molar-refractivity contribution in [1.29, 1.82) is 0 Å². The number of aryl methyl sites for hydroxylation is 1. The fourth-order valence-electron chi connectivity index (χ4n) is 3.81. The number of benzene rings is 3. The van der Waals surface area contributed by atoms with Gasteiger partial charge in [0.15, 0.2) is 0 Å². The Morgan fingerprint density at radius 3 is 2.34 bits per heavy atom. The van der Waals surface area contributed by atoms with Gasteiger partial charge in [-0.1, -0.05) is 35.5 Å². The monoisotopic (exact) mass is 531 g/mol. The third-order valence-electron chi connectivity index (χ3n) is 5.84. The molecule has 3 amide bonds. The van der Waals surface area contributed by atoms with Crippen LogP contribution in [0.1, 0.15) is 22.3 Å². The lowest BCUT2D eigenvalue weighted by Gasteiger charge is -2.14. The van der Waals surface area contributed by atoms with Gasteiger partial charge in [-0.05, 0) is 67.9 Å². The van der Waals surface area contributed by atoms with Crippen molar-refractivity contribution in [2.75, 3.05) is 38.0 Å². The summed E-state index contributed by atoms with van der Waals surface area (Å²) in [4.78, 5) is 41.6. The number of hydrogen-bond acceptors (Lipinski definition) is 7. The second-order valence-electron chi connectivity index (χ2n) is 8.62. The van der Waals surface area contributed by atoms with Gasteiger partial charge in [0.2, 0.25) is 0 Å². The first kappa shape index (κ1) is 27.0. The van der Waals surface area contributed by atoms with Gasteiger partial charge in [-0.3, -0.25) is 19.3 Å². The number of carbonyl (C=O) groups excluding carboxylic acids is 3. The largest absolute Gasteiger partial charge is 0.497 e. The number of methoxy groups -OCH3 is 2. The van der Waals surface area contributed by atoms with Gasteiger partial charge in [0.1, 0.15) is 16.4 Å². The van der Waals surface area contributed by atoms with E-state index in [0.717, 1.165) is 5.56 Å². The maximum Gasteiger partial charge on any atom is 0.278 e. The lowest BCUT2D eigenvalue weighted by molar-refractivity contribution is -0.137. The van der Waals surface area contributed by atoms with Crippen LogP contribution in [0, 0.1) is 6.92 Å². The second kappa shape index (κ2) is 12.4. The molecular formula is C29H29N3O5S. The molecule has 3 aromatic rings. The first-order chi connectivity index (χ1) is 18.4. The highest BCUT2D eigenvalue weighted by Crippen LogP contribution is 2.37. The smallest absolute Gasteiger partial charge is 0.278 e. The summed E-state index contributed by atoms with van der Waals surface area (Å²) in [6.45, 7) is 2.68. The van der Waals surface area contributed by atoms with Crippen LogP contribution in [0.4, 0.5) is 11.4 Å². The summed E-state index contributed by atoms with van der Waals surface area (Å²) in [5.41, 5.74) is 3.08. The molecule has 0 saturated heterocycles. The molecule has 0 radical (unpaired) electrons. The Labute approximate surface area is 226 Å². The van der Waals surface area contributed by atoms with Crippen molar-refractivity contribution in [3.05, 3.63) is 94.5 Å². The van der Waals surface area contributed by atoms with Gasteiger partial charge >= 0.3 is 0 Å². The van der Waals surface area contributed by atoms with Crippen LogP contribution in [-0.2, 0) is 14.3 Å². The second-order valence-corrected chi connectivity index (χ2v) is 9.70. The highest BCUT2D eigenvalue weighted by atomic mass is 32.2. The minimum atomic E-state index is -0.377. The van der Waals surface area contributed by atoms with Crippen molar-refractivity contribution in [3.8, 4) is 5.75 Å². The van der Waals surface area contributed by atoms with E-state index in [9.17, 15) is 14.4 Å². The van der Waals surface area contributed by atoms with Gasteiger partial charge in [-0.25, -0.2) is 0 Å². The maximum atomic E-state index is 13.3. The van der Waals surface area contributed by atoms with Crippen molar-refractivity contribution in [2.24, 2.45) is 0 Å². The number of nitrogens with zero attached hydrogens (tertiary/aromatic N) is 1. The number of ether oxygens (including phenoxy) is 2.